The third-order valence-corrected chi connectivity index (χ3v) is 4.10. The minimum Gasteiger partial charge on any atom is -0.307 e. The van der Waals surface area contributed by atoms with Crippen molar-refractivity contribution in [3.8, 4) is 0 Å². The van der Waals surface area contributed by atoms with Crippen molar-refractivity contribution in [3.63, 3.8) is 0 Å². The summed E-state index contributed by atoms with van der Waals surface area (Å²) in [6, 6.07) is -0.116. The molecule has 1 unspecified atom stereocenters. The summed E-state index contributed by atoms with van der Waals surface area (Å²) in [6.45, 7) is 10.1. The summed E-state index contributed by atoms with van der Waals surface area (Å²) in [5.41, 5.74) is 3.72. The monoisotopic (exact) mass is 319 g/mol. The average molecular weight is 319 g/mol. The van der Waals surface area contributed by atoms with Crippen LogP contribution >= 0.6 is 0 Å². The molecule has 1 radical (unpaired) electrons. The molecule has 0 spiro atoms. The van der Waals surface area contributed by atoms with Gasteiger partial charge in [-0.15, -0.1) is 0 Å². The smallest absolute Gasteiger partial charge is 0.176 e. The van der Waals surface area contributed by atoms with E-state index in [0.29, 0.717) is 30.4 Å². The summed E-state index contributed by atoms with van der Waals surface area (Å²) in [6.07, 6.45) is 4.49. The molecule has 0 amide bonds. The molecular formula is C17H27N4O2. The molecule has 2 aliphatic rings. The molecule has 1 saturated heterocycles. The highest BCUT2D eigenvalue weighted by Gasteiger charge is 2.29. The molecule has 0 bridgehead atoms. The van der Waals surface area contributed by atoms with E-state index < -0.39 is 0 Å². The first-order valence-electron chi connectivity index (χ1n) is 8.32. The lowest BCUT2D eigenvalue weighted by Gasteiger charge is -2.21. The van der Waals surface area contributed by atoms with E-state index in [2.05, 4.69) is 36.6 Å². The van der Waals surface area contributed by atoms with Gasteiger partial charge in [0.25, 0.3) is 0 Å². The SMILES string of the molecule is [CH2]C1CN=C(C(=N)NOCCC(C)C)C=C1C(=O)[C@@H]1CCCN1. The molecule has 2 rings (SSSR count). The Hall–Kier alpha value is -1.53. The highest BCUT2D eigenvalue weighted by molar-refractivity contribution is 6.45. The Kier molecular flexibility index (Phi) is 6.47. The zero-order valence-electron chi connectivity index (χ0n) is 14.0. The topological polar surface area (TPSA) is 86.6 Å². The molecule has 0 aromatic carbocycles. The third kappa shape index (κ3) is 4.97. The number of hydrogen-bond donors (Lipinski definition) is 3. The maximum Gasteiger partial charge on any atom is 0.176 e. The van der Waals surface area contributed by atoms with E-state index >= 15 is 0 Å². The molecule has 127 valence electrons. The van der Waals surface area contributed by atoms with Crippen molar-refractivity contribution < 1.29 is 9.63 Å². The molecule has 0 aromatic heterocycles. The van der Waals surface area contributed by atoms with E-state index in [0.717, 1.165) is 25.8 Å². The van der Waals surface area contributed by atoms with Crippen LogP contribution in [0.5, 0.6) is 0 Å². The molecule has 2 heterocycles. The van der Waals surface area contributed by atoms with Gasteiger partial charge in [0.15, 0.2) is 11.6 Å². The molecule has 6 heteroatoms. The number of carbonyl (C=O) groups is 1. The van der Waals surface area contributed by atoms with E-state index in [1.54, 1.807) is 6.08 Å². The Balaban J connectivity index is 1.94. The molecule has 2 aliphatic heterocycles. The van der Waals surface area contributed by atoms with Gasteiger partial charge in [-0.2, -0.15) is 0 Å². The van der Waals surface area contributed by atoms with Crippen LogP contribution in [0.2, 0.25) is 0 Å². The molecule has 3 N–H and O–H groups in total. The van der Waals surface area contributed by atoms with Gasteiger partial charge in [-0.1, -0.05) is 13.8 Å². The van der Waals surface area contributed by atoms with Gasteiger partial charge in [-0.05, 0) is 44.7 Å². The van der Waals surface area contributed by atoms with Gasteiger partial charge in [0.2, 0.25) is 0 Å². The van der Waals surface area contributed by atoms with Crippen LogP contribution in [0.3, 0.4) is 0 Å². The predicted molar refractivity (Wildman–Crippen MR) is 91.5 cm³/mol. The maximum atomic E-state index is 12.6. The number of dihydropyridines is 1. The van der Waals surface area contributed by atoms with Crippen molar-refractivity contribution in [3.05, 3.63) is 18.6 Å². The number of hydrogen-bond acceptors (Lipinski definition) is 5. The van der Waals surface area contributed by atoms with Crippen LogP contribution in [-0.2, 0) is 9.63 Å². The standard InChI is InChI=1S/C17H27N4O2/c1-11(2)6-8-23-21-17(18)15-9-13(12(3)10-20-15)16(22)14-5-4-7-19-14/h9,11-12,14,19H,3-8,10H2,1-2H3,(H2,18,21)/t12?,14-/m0/s1. The minimum absolute atomic E-state index is 0.0865. The van der Waals surface area contributed by atoms with Crippen LogP contribution in [0.1, 0.15) is 33.1 Å². The van der Waals surface area contributed by atoms with E-state index in [-0.39, 0.29) is 23.6 Å². The van der Waals surface area contributed by atoms with Gasteiger partial charge in [0.05, 0.1) is 12.6 Å². The first kappa shape index (κ1) is 17.8. The molecule has 2 atom stereocenters. The second kappa shape index (κ2) is 8.36. The van der Waals surface area contributed by atoms with Crippen molar-refractivity contribution in [2.75, 3.05) is 19.7 Å². The van der Waals surface area contributed by atoms with Gasteiger partial charge < -0.3 is 5.32 Å². The first-order chi connectivity index (χ1) is 11.0. The summed E-state index contributed by atoms with van der Waals surface area (Å²) < 4.78 is 0. The van der Waals surface area contributed by atoms with Gasteiger partial charge in [0.1, 0.15) is 5.71 Å². The number of Topliss-reactive ketones (excluding diaryl/α,β-unsaturated/α-hetero) is 1. The average Bonchev–Trinajstić information content (AvgIpc) is 3.05. The highest BCUT2D eigenvalue weighted by atomic mass is 16.6. The Labute approximate surface area is 138 Å². The summed E-state index contributed by atoms with van der Waals surface area (Å²) >= 11 is 0. The number of amidine groups is 1. The normalized spacial score (nSPS) is 24.3. The molecule has 6 nitrogen and oxygen atoms in total. The summed E-state index contributed by atoms with van der Waals surface area (Å²) in [7, 11) is 0. The van der Waals surface area contributed by atoms with E-state index in [4.69, 9.17) is 10.2 Å². The number of ketones is 1. The third-order valence-electron chi connectivity index (χ3n) is 4.10. The van der Waals surface area contributed by atoms with Gasteiger partial charge >= 0.3 is 0 Å². The molecule has 0 aliphatic carbocycles. The van der Waals surface area contributed by atoms with Crippen LogP contribution in [0.25, 0.3) is 0 Å². The minimum atomic E-state index is -0.150. The Morgan fingerprint density at radius 1 is 1.61 bits per heavy atom. The maximum absolute atomic E-state index is 12.6. The van der Waals surface area contributed by atoms with Crippen molar-refractivity contribution >= 4 is 17.3 Å². The van der Waals surface area contributed by atoms with Crippen molar-refractivity contribution in [2.45, 2.75) is 39.2 Å². The number of hydroxylamine groups is 1. The second-order valence-corrected chi connectivity index (χ2v) is 6.54. The highest BCUT2D eigenvalue weighted by Crippen LogP contribution is 2.21. The Bertz CT molecular complexity index is 505. The van der Waals surface area contributed by atoms with Crippen molar-refractivity contribution in [1.82, 2.24) is 10.8 Å². The van der Waals surface area contributed by atoms with Crippen LogP contribution in [0.15, 0.2) is 16.6 Å². The van der Waals surface area contributed by atoms with Crippen molar-refractivity contribution in [1.29, 1.82) is 5.41 Å². The number of nitrogens with zero attached hydrogens (tertiary/aromatic N) is 1. The fourth-order valence-electron chi connectivity index (χ4n) is 2.62. The van der Waals surface area contributed by atoms with E-state index in [1.807, 2.05) is 0 Å². The first-order valence-corrected chi connectivity index (χ1v) is 8.32. The number of carbonyl (C=O) groups excluding carboxylic acids is 1. The van der Waals surface area contributed by atoms with Crippen LogP contribution in [0, 0.1) is 24.2 Å². The lowest BCUT2D eigenvalue weighted by molar-refractivity contribution is -0.117. The fraction of sp³-hybridized carbons (Fsp3) is 0.647. The largest absolute Gasteiger partial charge is 0.307 e. The second-order valence-electron chi connectivity index (χ2n) is 6.54. The van der Waals surface area contributed by atoms with Crippen LogP contribution in [-0.4, -0.2) is 43.1 Å². The molecule has 0 saturated carbocycles. The summed E-state index contributed by atoms with van der Waals surface area (Å²) in [5, 5.41) is 11.2. The van der Waals surface area contributed by atoms with Crippen molar-refractivity contribution in [2.24, 2.45) is 16.8 Å². The summed E-state index contributed by atoms with van der Waals surface area (Å²) in [4.78, 5) is 22.2. The van der Waals surface area contributed by atoms with Crippen LogP contribution < -0.4 is 10.8 Å². The fourth-order valence-corrected chi connectivity index (χ4v) is 2.62. The predicted octanol–water partition coefficient (Wildman–Crippen LogP) is 1.68. The van der Waals surface area contributed by atoms with Gasteiger partial charge in [-0.25, -0.2) is 5.48 Å². The van der Waals surface area contributed by atoms with E-state index in [9.17, 15) is 4.79 Å². The Morgan fingerprint density at radius 3 is 3.04 bits per heavy atom. The zero-order chi connectivity index (χ0) is 16.8. The zero-order valence-corrected chi connectivity index (χ0v) is 14.0. The van der Waals surface area contributed by atoms with Gasteiger partial charge in [-0.3, -0.25) is 20.0 Å². The summed E-state index contributed by atoms with van der Waals surface area (Å²) in [5.74, 6) is 0.574. The quantitative estimate of drug-likeness (QED) is 0.288. The van der Waals surface area contributed by atoms with Crippen LogP contribution in [0.4, 0.5) is 0 Å². The molecular weight excluding hydrogens is 292 g/mol. The van der Waals surface area contributed by atoms with Gasteiger partial charge in [0, 0.05) is 18.0 Å². The van der Waals surface area contributed by atoms with E-state index in [1.165, 1.54) is 0 Å². The molecule has 1 fully saturated rings. The number of aliphatic imine (C=N–C) groups is 1. The number of nitrogens with one attached hydrogen (secondary N) is 3. The lowest BCUT2D eigenvalue weighted by Crippen LogP contribution is -2.37. The number of rotatable bonds is 7. The molecule has 0 aromatic rings. The molecule has 23 heavy (non-hydrogen) atoms. The Morgan fingerprint density at radius 2 is 2.39 bits per heavy atom. The lowest BCUT2D eigenvalue weighted by atomic mass is 9.89.